The number of terminal acetylenes is 1. The number of hydrogen-bond acceptors (Lipinski definition) is 1. The minimum Gasteiger partial charge on any atom is -0.393 e. The summed E-state index contributed by atoms with van der Waals surface area (Å²) in [6.45, 7) is 1.88. The first-order chi connectivity index (χ1) is 8.27. The highest BCUT2D eigenvalue weighted by Crippen LogP contribution is 2.12. The van der Waals surface area contributed by atoms with Gasteiger partial charge in [0, 0.05) is 6.42 Å². The molecule has 0 aliphatic carbocycles. The zero-order valence-electron chi connectivity index (χ0n) is 11.6. The largest absolute Gasteiger partial charge is 0.393 e. The number of rotatable bonds is 12. The van der Waals surface area contributed by atoms with Gasteiger partial charge >= 0.3 is 0 Å². The van der Waals surface area contributed by atoms with Gasteiger partial charge in [-0.1, -0.05) is 57.8 Å². The van der Waals surface area contributed by atoms with Crippen LogP contribution in [0.1, 0.15) is 84.0 Å². The summed E-state index contributed by atoms with van der Waals surface area (Å²) in [5.74, 6) is 2.69. The Bertz CT molecular complexity index is 178. The number of unbranched alkanes of at least 4 members (excludes halogenated alkanes) is 10. The van der Waals surface area contributed by atoms with Crippen LogP contribution >= 0.6 is 0 Å². The highest BCUT2D eigenvalue weighted by molar-refractivity contribution is 4.82. The third-order valence-corrected chi connectivity index (χ3v) is 3.19. The Morgan fingerprint density at radius 2 is 1.24 bits per heavy atom. The van der Waals surface area contributed by atoms with Crippen molar-refractivity contribution in [1.29, 1.82) is 0 Å². The first-order valence-electron chi connectivity index (χ1n) is 7.39. The first-order valence-corrected chi connectivity index (χ1v) is 7.39. The molecule has 1 nitrogen and oxygen atoms in total. The van der Waals surface area contributed by atoms with Crippen molar-refractivity contribution in [2.75, 3.05) is 0 Å². The van der Waals surface area contributed by atoms with Crippen LogP contribution in [0.5, 0.6) is 0 Å². The summed E-state index contributed by atoms with van der Waals surface area (Å²) in [5, 5.41) is 9.10. The molecular weight excluding hydrogens is 208 g/mol. The van der Waals surface area contributed by atoms with Crippen molar-refractivity contribution in [2.24, 2.45) is 0 Å². The van der Waals surface area contributed by atoms with E-state index in [1.54, 1.807) is 0 Å². The molecule has 0 spiro atoms. The molecule has 0 aliphatic heterocycles. The summed E-state index contributed by atoms with van der Waals surface area (Å²) in [5.41, 5.74) is 0. The van der Waals surface area contributed by atoms with E-state index >= 15 is 0 Å². The van der Waals surface area contributed by atoms with Gasteiger partial charge in [-0.2, -0.15) is 0 Å². The van der Waals surface area contributed by atoms with E-state index in [2.05, 4.69) is 5.92 Å². The number of aliphatic hydroxyl groups excluding tert-OH is 1. The zero-order chi connectivity index (χ0) is 12.8. The molecule has 0 rings (SSSR count). The summed E-state index contributed by atoms with van der Waals surface area (Å²) in [6.07, 6.45) is 20.2. The van der Waals surface area contributed by atoms with Crippen molar-refractivity contribution < 1.29 is 5.11 Å². The maximum absolute atomic E-state index is 9.10. The van der Waals surface area contributed by atoms with E-state index in [4.69, 9.17) is 11.5 Å². The lowest BCUT2D eigenvalue weighted by Crippen LogP contribution is -1.98. The van der Waals surface area contributed by atoms with Gasteiger partial charge in [-0.05, 0) is 19.8 Å². The zero-order valence-corrected chi connectivity index (χ0v) is 11.6. The van der Waals surface area contributed by atoms with Crippen molar-refractivity contribution in [1.82, 2.24) is 0 Å². The smallest absolute Gasteiger partial charge is 0.0512 e. The van der Waals surface area contributed by atoms with Crippen LogP contribution in [0, 0.1) is 12.3 Å². The monoisotopic (exact) mass is 238 g/mol. The molecule has 0 aromatic carbocycles. The molecule has 0 aromatic heterocycles. The molecule has 1 unspecified atom stereocenters. The highest BCUT2D eigenvalue weighted by atomic mass is 16.3. The molecule has 0 bridgehead atoms. The van der Waals surface area contributed by atoms with E-state index < -0.39 is 0 Å². The van der Waals surface area contributed by atoms with Crippen molar-refractivity contribution >= 4 is 0 Å². The summed E-state index contributed by atoms with van der Waals surface area (Å²) < 4.78 is 0. The van der Waals surface area contributed by atoms with E-state index in [-0.39, 0.29) is 6.10 Å². The van der Waals surface area contributed by atoms with Crippen LogP contribution in [-0.2, 0) is 0 Å². The summed E-state index contributed by atoms with van der Waals surface area (Å²) in [6, 6.07) is 0. The second-order valence-electron chi connectivity index (χ2n) is 5.13. The molecule has 0 fully saturated rings. The van der Waals surface area contributed by atoms with Crippen LogP contribution in [0.2, 0.25) is 0 Å². The van der Waals surface area contributed by atoms with Crippen LogP contribution in [0.15, 0.2) is 0 Å². The van der Waals surface area contributed by atoms with E-state index in [9.17, 15) is 0 Å². The fourth-order valence-electron chi connectivity index (χ4n) is 2.08. The van der Waals surface area contributed by atoms with Gasteiger partial charge in [-0.15, -0.1) is 12.3 Å². The normalized spacial score (nSPS) is 12.3. The molecule has 0 heterocycles. The van der Waals surface area contributed by atoms with Gasteiger partial charge in [0.1, 0.15) is 0 Å². The minimum absolute atomic E-state index is 0.113. The lowest BCUT2D eigenvalue weighted by molar-refractivity contribution is 0.180. The molecule has 0 aromatic rings. The van der Waals surface area contributed by atoms with Gasteiger partial charge in [0.05, 0.1) is 6.10 Å². The first kappa shape index (κ1) is 16.5. The highest BCUT2D eigenvalue weighted by Gasteiger charge is 1.96. The Morgan fingerprint density at radius 1 is 0.824 bits per heavy atom. The molecule has 0 aliphatic rings. The predicted molar refractivity (Wildman–Crippen MR) is 75.9 cm³/mol. The fraction of sp³-hybridized carbons (Fsp3) is 0.875. The van der Waals surface area contributed by atoms with E-state index in [1.807, 2.05) is 6.92 Å². The molecule has 0 saturated heterocycles. The molecule has 1 atom stereocenters. The van der Waals surface area contributed by atoms with Crippen LogP contribution < -0.4 is 0 Å². The standard InChI is InChI=1S/C16H30O/c1-3-4-5-6-7-8-9-10-11-12-13-14-15-16(2)17/h1,16-17H,4-15H2,2H3. The Hall–Kier alpha value is -0.480. The molecule has 1 N–H and O–H groups in total. The topological polar surface area (TPSA) is 20.2 Å². The van der Waals surface area contributed by atoms with Gasteiger partial charge in [0.25, 0.3) is 0 Å². The SMILES string of the molecule is C#CCCCCCCCCCCCCC(C)O. The lowest BCUT2D eigenvalue weighted by atomic mass is 10.0. The molecule has 0 amide bonds. The molecule has 17 heavy (non-hydrogen) atoms. The third kappa shape index (κ3) is 15.5. The van der Waals surface area contributed by atoms with Crippen molar-refractivity contribution in [3.05, 3.63) is 0 Å². The summed E-state index contributed by atoms with van der Waals surface area (Å²) in [7, 11) is 0. The van der Waals surface area contributed by atoms with Gasteiger partial charge in [0.2, 0.25) is 0 Å². The Morgan fingerprint density at radius 3 is 1.65 bits per heavy atom. The van der Waals surface area contributed by atoms with E-state index in [1.165, 1.54) is 64.2 Å². The van der Waals surface area contributed by atoms with Crippen LogP contribution in [0.25, 0.3) is 0 Å². The summed E-state index contributed by atoms with van der Waals surface area (Å²) >= 11 is 0. The quantitative estimate of drug-likeness (QED) is 0.386. The molecular formula is C16H30O. The van der Waals surface area contributed by atoms with Crippen LogP contribution in [0.4, 0.5) is 0 Å². The second-order valence-corrected chi connectivity index (χ2v) is 5.13. The van der Waals surface area contributed by atoms with Crippen molar-refractivity contribution in [3.8, 4) is 12.3 Å². The average molecular weight is 238 g/mol. The van der Waals surface area contributed by atoms with E-state index in [0.29, 0.717) is 0 Å². The van der Waals surface area contributed by atoms with Crippen molar-refractivity contribution in [2.45, 2.75) is 90.1 Å². The van der Waals surface area contributed by atoms with Gasteiger partial charge in [-0.25, -0.2) is 0 Å². The van der Waals surface area contributed by atoms with Crippen molar-refractivity contribution in [3.63, 3.8) is 0 Å². The Labute approximate surface area is 108 Å². The van der Waals surface area contributed by atoms with Gasteiger partial charge in [-0.3, -0.25) is 0 Å². The minimum atomic E-state index is -0.113. The summed E-state index contributed by atoms with van der Waals surface area (Å²) in [4.78, 5) is 0. The molecule has 0 saturated carbocycles. The molecule has 0 radical (unpaired) electrons. The second kappa shape index (κ2) is 13.6. The third-order valence-electron chi connectivity index (χ3n) is 3.19. The van der Waals surface area contributed by atoms with Gasteiger partial charge in [0.15, 0.2) is 0 Å². The molecule has 1 heteroatoms. The fourth-order valence-corrected chi connectivity index (χ4v) is 2.08. The van der Waals surface area contributed by atoms with Crippen LogP contribution in [-0.4, -0.2) is 11.2 Å². The van der Waals surface area contributed by atoms with Crippen LogP contribution in [0.3, 0.4) is 0 Å². The Kier molecular flexibility index (Phi) is 13.2. The number of aliphatic hydroxyl groups is 1. The predicted octanol–water partition coefficient (Wildman–Crippen LogP) is 4.68. The van der Waals surface area contributed by atoms with E-state index in [0.717, 1.165) is 12.8 Å². The maximum Gasteiger partial charge on any atom is 0.0512 e. The maximum atomic E-state index is 9.10. The molecule has 100 valence electrons. The van der Waals surface area contributed by atoms with Gasteiger partial charge < -0.3 is 5.11 Å². The Balaban J connectivity index is 2.92. The lowest BCUT2D eigenvalue weighted by Gasteiger charge is -2.04. The average Bonchev–Trinajstić information content (AvgIpc) is 2.30. The number of hydrogen-bond donors (Lipinski definition) is 1.